The lowest BCUT2D eigenvalue weighted by molar-refractivity contribution is 0.102. The number of pyridine rings is 1. The van der Waals surface area contributed by atoms with Crippen LogP contribution in [0.25, 0.3) is 11.6 Å². The molecule has 0 spiro atoms. The lowest BCUT2D eigenvalue weighted by atomic mass is 10.1. The molecule has 0 aliphatic rings. The highest BCUT2D eigenvalue weighted by Gasteiger charge is 2.14. The van der Waals surface area contributed by atoms with Crippen LogP contribution in [0.4, 0.5) is 5.69 Å². The highest BCUT2D eigenvalue weighted by atomic mass is 16.5. The van der Waals surface area contributed by atoms with Gasteiger partial charge in [0.25, 0.3) is 5.91 Å². The van der Waals surface area contributed by atoms with Gasteiger partial charge in [0.05, 0.1) is 18.2 Å². The highest BCUT2D eigenvalue weighted by Crippen LogP contribution is 2.21. The summed E-state index contributed by atoms with van der Waals surface area (Å²) in [4.78, 5) is 30.3. The fourth-order valence-electron chi connectivity index (χ4n) is 2.54. The number of furan rings is 1. The summed E-state index contributed by atoms with van der Waals surface area (Å²) < 4.78 is 10.5. The summed E-state index contributed by atoms with van der Waals surface area (Å²) in [5.41, 5.74) is 1.51. The van der Waals surface area contributed by atoms with Gasteiger partial charge < -0.3 is 19.2 Å². The summed E-state index contributed by atoms with van der Waals surface area (Å²) in [6.45, 7) is 0. The summed E-state index contributed by atoms with van der Waals surface area (Å²) in [7, 11) is 0. The maximum Gasteiger partial charge on any atom is 0.257 e. The van der Waals surface area contributed by atoms with E-state index in [-0.39, 0.29) is 11.5 Å². The monoisotopic (exact) mass is 362 g/mol. The van der Waals surface area contributed by atoms with Gasteiger partial charge in [-0.05, 0) is 29.8 Å². The second-order valence-corrected chi connectivity index (χ2v) is 5.72. The van der Waals surface area contributed by atoms with E-state index in [2.05, 4.69) is 20.4 Å². The summed E-state index contributed by atoms with van der Waals surface area (Å²) >= 11 is 0. The summed E-state index contributed by atoms with van der Waals surface area (Å²) in [6.07, 6.45) is 3.25. The number of amides is 1. The Morgan fingerprint density at radius 2 is 2.00 bits per heavy atom. The SMILES string of the molecule is O=C(Nc1ccccc1Cc1nc(-c2ccco2)no1)c1ccc(=O)[nH]c1. The Morgan fingerprint density at radius 3 is 2.78 bits per heavy atom. The number of rotatable bonds is 5. The van der Waals surface area contributed by atoms with Gasteiger partial charge in [-0.3, -0.25) is 9.59 Å². The first kappa shape index (κ1) is 16.5. The van der Waals surface area contributed by atoms with E-state index in [1.807, 2.05) is 18.2 Å². The van der Waals surface area contributed by atoms with Crippen LogP contribution in [0.2, 0.25) is 0 Å². The number of carbonyl (C=O) groups excluding carboxylic acids is 1. The van der Waals surface area contributed by atoms with E-state index in [0.29, 0.717) is 35.1 Å². The minimum atomic E-state index is -0.333. The van der Waals surface area contributed by atoms with E-state index in [1.54, 1.807) is 18.2 Å². The Kier molecular flexibility index (Phi) is 4.36. The summed E-state index contributed by atoms with van der Waals surface area (Å²) in [5.74, 6) is 0.946. The maximum atomic E-state index is 12.4. The minimum absolute atomic E-state index is 0.268. The van der Waals surface area contributed by atoms with Crippen molar-refractivity contribution in [3.63, 3.8) is 0 Å². The van der Waals surface area contributed by atoms with Crippen molar-refractivity contribution in [2.75, 3.05) is 5.32 Å². The number of para-hydroxylation sites is 1. The normalized spacial score (nSPS) is 10.7. The molecule has 0 atom stereocenters. The average Bonchev–Trinajstić information content (AvgIpc) is 3.35. The third-order valence-corrected chi connectivity index (χ3v) is 3.86. The lowest BCUT2D eigenvalue weighted by Crippen LogP contribution is -2.15. The topological polar surface area (TPSA) is 114 Å². The molecule has 0 aliphatic heterocycles. The number of nitrogens with one attached hydrogen (secondary N) is 2. The standard InChI is InChI=1S/C19H14N4O4/c24-16-8-7-13(11-20-16)19(25)21-14-5-2-1-4-12(14)10-17-22-18(23-27-17)15-6-3-9-26-15/h1-9,11H,10H2,(H,20,24)(H,21,25). The van der Waals surface area contributed by atoms with Gasteiger partial charge in [0.2, 0.25) is 17.3 Å². The molecule has 4 aromatic rings. The molecule has 0 radical (unpaired) electrons. The van der Waals surface area contributed by atoms with Gasteiger partial charge in [0, 0.05) is 18.0 Å². The molecule has 8 nitrogen and oxygen atoms in total. The number of hydrogen-bond acceptors (Lipinski definition) is 6. The van der Waals surface area contributed by atoms with Crippen LogP contribution in [-0.2, 0) is 6.42 Å². The highest BCUT2D eigenvalue weighted by molar-refractivity contribution is 6.04. The van der Waals surface area contributed by atoms with Crippen molar-refractivity contribution in [1.29, 1.82) is 0 Å². The van der Waals surface area contributed by atoms with Gasteiger partial charge in [-0.1, -0.05) is 23.4 Å². The molecule has 0 bridgehead atoms. The molecule has 1 aromatic carbocycles. The Bertz CT molecular complexity index is 1110. The van der Waals surface area contributed by atoms with Gasteiger partial charge in [-0.2, -0.15) is 4.98 Å². The van der Waals surface area contributed by atoms with Gasteiger partial charge in [0.15, 0.2) is 5.76 Å². The zero-order valence-electron chi connectivity index (χ0n) is 14.0. The molecule has 134 valence electrons. The van der Waals surface area contributed by atoms with Crippen molar-refractivity contribution < 1.29 is 13.7 Å². The predicted molar refractivity (Wildman–Crippen MR) is 96.3 cm³/mol. The van der Waals surface area contributed by atoms with E-state index in [1.165, 1.54) is 24.6 Å². The first-order valence-electron chi connectivity index (χ1n) is 8.13. The molecule has 3 heterocycles. The van der Waals surface area contributed by atoms with Crippen LogP contribution in [0.5, 0.6) is 0 Å². The molecule has 0 aliphatic carbocycles. The number of benzene rings is 1. The van der Waals surface area contributed by atoms with E-state index in [4.69, 9.17) is 8.94 Å². The fourth-order valence-corrected chi connectivity index (χ4v) is 2.54. The fraction of sp³-hybridized carbons (Fsp3) is 0.0526. The number of H-pyrrole nitrogens is 1. The number of aromatic amines is 1. The Hall–Kier alpha value is -3.94. The van der Waals surface area contributed by atoms with Crippen LogP contribution < -0.4 is 10.9 Å². The molecule has 0 saturated carbocycles. The first-order chi connectivity index (χ1) is 13.2. The van der Waals surface area contributed by atoms with E-state index in [9.17, 15) is 9.59 Å². The van der Waals surface area contributed by atoms with E-state index >= 15 is 0 Å². The molecule has 27 heavy (non-hydrogen) atoms. The molecule has 4 rings (SSSR count). The second kappa shape index (κ2) is 7.12. The number of hydrogen-bond donors (Lipinski definition) is 2. The van der Waals surface area contributed by atoms with Crippen molar-refractivity contribution in [3.8, 4) is 11.6 Å². The van der Waals surface area contributed by atoms with E-state index in [0.717, 1.165) is 5.56 Å². The maximum absolute atomic E-state index is 12.4. The number of carbonyl (C=O) groups is 1. The van der Waals surface area contributed by atoms with Crippen LogP contribution in [0.1, 0.15) is 21.8 Å². The van der Waals surface area contributed by atoms with Crippen LogP contribution in [0.3, 0.4) is 0 Å². The number of aromatic nitrogens is 3. The summed E-state index contributed by atoms with van der Waals surface area (Å²) in [6, 6.07) is 13.6. The molecule has 0 unspecified atom stereocenters. The molecule has 0 fully saturated rings. The van der Waals surface area contributed by atoms with Gasteiger partial charge in [-0.25, -0.2) is 0 Å². The molecule has 3 aromatic heterocycles. The van der Waals surface area contributed by atoms with Crippen LogP contribution >= 0.6 is 0 Å². The Morgan fingerprint density at radius 1 is 1.11 bits per heavy atom. The largest absolute Gasteiger partial charge is 0.461 e. The van der Waals surface area contributed by atoms with Crippen LogP contribution in [-0.4, -0.2) is 21.0 Å². The smallest absolute Gasteiger partial charge is 0.257 e. The molecular formula is C19H14N4O4. The molecular weight excluding hydrogens is 348 g/mol. The Labute approximate surface area is 152 Å². The van der Waals surface area contributed by atoms with Gasteiger partial charge in [0.1, 0.15) is 0 Å². The summed E-state index contributed by atoms with van der Waals surface area (Å²) in [5, 5.41) is 6.73. The molecule has 8 heteroatoms. The number of anilines is 1. The molecule has 0 saturated heterocycles. The van der Waals surface area contributed by atoms with Crippen molar-refractivity contribution >= 4 is 11.6 Å². The zero-order valence-corrected chi connectivity index (χ0v) is 14.0. The number of nitrogens with zero attached hydrogens (tertiary/aromatic N) is 2. The average molecular weight is 362 g/mol. The third-order valence-electron chi connectivity index (χ3n) is 3.86. The molecule has 1 amide bonds. The van der Waals surface area contributed by atoms with Crippen molar-refractivity contribution in [1.82, 2.24) is 15.1 Å². The first-order valence-corrected chi connectivity index (χ1v) is 8.13. The van der Waals surface area contributed by atoms with Gasteiger partial charge >= 0.3 is 0 Å². The van der Waals surface area contributed by atoms with Crippen molar-refractivity contribution in [3.05, 3.63) is 88.4 Å². The van der Waals surface area contributed by atoms with Crippen molar-refractivity contribution in [2.45, 2.75) is 6.42 Å². The van der Waals surface area contributed by atoms with Crippen molar-refractivity contribution in [2.24, 2.45) is 0 Å². The van der Waals surface area contributed by atoms with Crippen LogP contribution in [0.15, 0.2) is 74.7 Å². The second-order valence-electron chi connectivity index (χ2n) is 5.72. The quantitative estimate of drug-likeness (QED) is 0.564. The van der Waals surface area contributed by atoms with Crippen LogP contribution in [0, 0.1) is 0 Å². The lowest BCUT2D eigenvalue weighted by Gasteiger charge is -2.09. The minimum Gasteiger partial charge on any atom is -0.461 e. The van der Waals surface area contributed by atoms with Gasteiger partial charge in [-0.15, -0.1) is 0 Å². The predicted octanol–water partition coefficient (Wildman–Crippen LogP) is 2.86. The molecule has 2 N–H and O–H groups in total. The third kappa shape index (κ3) is 3.69. The van der Waals surface area contributed by atoms with E-state index < -0.39 is 0 Å². The zero-order chi connectivity index (χ0) is 18.6. The Balaban J connectivity index is 1.54.